The number of hydrogen-bond donors (Lipinski definition) is 0. The molecule has 11 nitrogen and oxygen atoms in total. The summed E-state index contributed by atoms with van der Waals surface area (Å²) in [5.41, 5.74) is 1.96. The van der Waals surface area contributed by atoms with Crippen LogP contribution < -0.4 is 4.90 Å². The molecular weight excluding hydrogens is 428 g/mol. The highest BCUT2D eigenvalue weighted by molar-refractivity contribution is 5.89. The van der Waals surface area contributed by atoms with Gasteiger partial charge in [0.25, 0.3) is 11.6 Å². The lowest BCUT2D eigenvalue weighted by Gasteiger charge is -2.36. The minimum absolute atomic E-state index is 0.0366. The third-order valence-electron chi connectivity index (χ3n) is 5.32. The van der Waals surface area contributed by atoms with E-state index in [4.69, 9.17) is 4.74 Å². The third-order valence-corrected chi connectivity index (χ3v) is 5.32. The number of carbonyl (C=O) groups excluding carboxylic acids is 2. The molecule has 0 aliphatic carbocycles. The molecule has 0 saturated carbocycles. The van der Waals surface area contributed by atoms with Crippen LogP contribution in [0.5, 0.6) is 0 Å². The second-order valence-electron chi connectivity index (χ2n) is 7.50. The minimum atomic E-state index is -0.702. The first-order chi connectivity index (χ1) is 16.0. The minimum Gasteiger partial charge on any atom is -0.451 e. The van der Waals surface area contributed by atoms with Gasteiger partial charge in [-0.15, -0.1) is 5.10 Å². The quantitative estimate of drug-likeness (QED) is 0.303. The molecule has 0 atom stereocenters. The van der Waals surface area contributed by atoms with Crippen molar-refractivity contribution in [2.45, 2.75) is 6.54 Å². The number of carbonyl (C=O) groups is 2. The van der Waals surface area contributed by atoms with Crippen LogP contribution in [0, 0.1) is 10.1 Å². The maximum Gasteiger partial charge on any atom is 0.361 e. The Labute approximate surface area is 189 Å². The molecule has 1 amide bonds. The monoisotopic (exact) mass is 450 g/mol. The van der Waals surface area contributed by atoms with Crippen LogP contribution in [-0.4, -0.2) is 69.5 Å². The molecule has 1 saturated heterocycles. The highest BCUT2D eigenvalue weighted by Gasteiger charge is 2.23. The van der Waals surface area contributed by atoms with E-state index in [-0.39, 0.29) is 23.9 Å². The number of aromatic nitrogens is 3. The van der Waals surface area contributed by atoms with Gasteiger partial charge in [0.05, 0.1) is 17.7 Å². The van der Waals surface area contributed by atoms with E-state index >= 15 is 0 Å². The zero-order valence-electron chi connectivity index (χ0n) is 17.7. The van der Waals surface area contributed by atoms with Crippen molar-refractivity contribution in [2.75, 3.05) is 37.7 Å². The fourth-order valence-corrected chi connectivity index (χ4v) is 3.53. The van der Waals surface area contributed by atoms with Crippen molar-refractivity contribution in [1.29, 1.82) is 0 Å². The molecule has 0 radical (unpaired) electrons. The van der Waals surface area contributed by atoms with Crippen molar-refractivity contribution in [3.8, 4) is 0 Å². The van der Waals surface area contributed by atoms with Gasteiger partial charge < -0.3 is 14.5 Å². The molecule has 11 heteroatoms. The second-order valence-corrected chi connectivity index (χ2v) is 7.50. The first-order valence-electron chi connectivity index (χ1n) is 10.4. The Bertz CT molecular complexity index is 1120. The Morgan fingerprint density at radius 3 is 2.36 bits per heavy atom. The molecule has 4 rings (SSSR count). The lowest BCUT2D eigenvalue weighted by Crippen LogP contribution is -2.49. The molecule has 1 fully saturated rings. The van der Waals surface area contributed by atoms with E-state index in [1.165, 1.54) is 23.0 Å². The lowest BCUT2D eigenvalue weighted by atomic mass is 10.2. The molecule has 3 aromatic rings. The summed E-state index contributed by atoms with van der Waals surface area (Å²) in [6.45, 7) is 2.17. The number of non-ortho nitro benzene ring substituents is 1. The molecule has 33 heavy (non-hydrogen) atoms. The van der Waals surface area contributed by atoms with Crippen molar-refractivity contribution >= 4 is 23.3 Å². The van der Waals surface area contributed by atoms with Crippen molar-refractivity contribution in [3.63, 3.8) is 0 Å². The van der Waals surface area contributed by atoms with Crippen molar-refractivity contribution < 1.29 is 19.2 Å². The molecule has 1 aliphatic rings. The van der Waals surface area contributed by atoms with Gasteiger partial charge in [-0.25, -0.2) is 9.48 Å². The molecule has 1 aromatic heterocycles. The number of rotatable bonds is 7. The predicted molar refractivity (Wildman–Crippen MR) is 118 cm³/mol. The summed E-state index contributed by atoms with van der Waals surface area (Å²) in [6.07, 6.45) is 1.49. The number of benzene rings is 2. The van der Waals surface area contributed by atoms with Gasteiger partial charge in [-0.2, -0.15) is 0 Å². The molecule has 0 bridgehead atoms. The Morgan fingerprint density at radius 1 is 1.00 bits per heavy atom. The van der Waals surface area contributed by atoms with Crippen LogP contribution >= 0.6 is 0 Å². The van der Waals surface area contributed by atoms with Gasteiger partial charge in [0.1, 0.15) is 0 Å². The van der Waals surface area contributed by atoms with Crippen molar-refractivity contribution in [1.82, 2.24) is 19.9 Å². The number of esters is 1. The molecule has 2 aromatic carbocycles. The molecular formula is C22H22N6O5. The summed E-state index contributed by atoms with van der Waals surface area (Å²) in [4.78, 5) is 38.7. The Hall–Kier alpha value is -4.28. The van der Waals surface area contributed by atoms with Crippen LogP contribution in [0.2, 0.25) is 0 Å². The van der Waals surface area contributed by atoms with E-state index in [0.717, 1.165) is 11.3 Å². The van der Waals surface area contributed by atoms with E-state index in [2.05, 4.69) is 10.3 Å². The lowest BCUT2D eigenvalue weighted by molar-refractivity contribution is -0.384. The van der Waals surface area contributed by atoms with Gasteiger partial charge in [-0.3, -0.25) is 14.9 Å². The molecule has 1 aliphatic heterocycles. The fraction of sp³-hybridized carbons (Fsp3) is 0.273. The van der Waals surface area contributed by atoms with Gasteiger partial charge in [-0.1, -0.05) is 35.5 Å². The van der Waals surface area contributed by atoms with E-state index in [9.17, 15) is 19.7 Å². The summed E-state index contributed by atoms with van der Waals surface area (Å²) >= 11 is 0. The average Bonchev–Trinajstić information content (AvgIpc) is 3.31. The Morgan fingerprint density at radius 2 is 1.70 bits per heavy atom. The first-order valence-corrected chi connectivity index (χ1v) is 10.4. The summed E-state index contributed by atoms with van der Waals surface area (Å²) in [5, 5.41) is 18.5. The molecule has 170 valence electrons. The van der Waals surface area contributed by atoms with Gasteiger partial charge in [0, 0.05) is 44.0 Å². The summed E-state index contributed by atoms with van der Waals surface area (Å²) in [7, 11) is 0. The highest BCUT2D eigenvalue weighted by atomic mass is 16.6. The van der Waals surface area contributed by atoms with Crippen LogP contribution in [0.15, 0.2) is 60.8 Å². The van der Waals surface area contributed by atoms with E-state index < -0.39 is 10.9 Å². The van der Waals surface area contributed by atoms with Crippen LogP contribution in [0.1, 0.15) is 16.1 Å². The third kappa shape index (κ3) is 5.50. The largest absolute Gasteiger partial charge is 0.451 e. The average molecular weight is 450 g/mol. The molecule has 0 spiro atoms. The van der Waals surface area contributed by atoms with Crippen molar-refractivity contribution in [3.05, 3.63) is 82.2 Å². The van der Waals surface area contributed by atoms with Gasteiger partial charge >= 0.3 is 5.97 Å². The fourth-order valence-electron chi connectivity index (χ4n) is 3.53. The Kier molecular flexibility index (Phi) is 6.58. The summed E-state index contributed by atoms with van der Waals surface area (Å²) in [5.74, 6) is -0.990. The SMILES string of the molecule is O=C(OCC(=O)N1CCN(c2ccc([N+](=O)[O-])cc2)CC1)c1cn(Cc2ccccc2)nn1. The van der Waals surface area contributed by atoms with Crippen LogP contribution in [0.3, 0.4) is 0 Å². The normalized spacial score (nSPS) is 13.6. The van der Waals surface area contributed by atoms with Crippen LogP contribution in [0.4, 0.5) is 11.4 Å². The van der Waals surface area contributed by atoms with E-state index in [0.29, 0.717) is 32.7 Å². The van der Waals surface area contributed by atoms with Crippen LogP contribution in [-0.2, 0) is 16.1 Å². The first kappa shape index (κ1) is 21.9. The predicted octanol–water partition coefficient (Wildman–Crippen LogP) is 1.74. The molecule has 2 heterocycles. The number of nitro benzene ring substituents is 1. The number of nitro groups is 1. The molecule has 0 N–H and O–H groups in total. The zero-order chi connectivity index (χ0) is 23.2. The highest BCUT2D eigenvalue weighted by Crippen LogP contribution is 2.20. The number of hydrogen-bond acceptors (Lipinski definition) is 8. The number of nitrogens with zero attached hydrogens (tertiary/aromatic N) is 6. The van der Waals surface area contributed by atoms with Gasteiger partial charge in [-0.05, 0) is 17.7 Å². The number of piperazine rings is 1. The second kappa shape index (κ2) is 9.90. The zero-order valence-corrected chi connectivity index (χ0v) is 17.7. The van der Waals surface area contributed by atoms with Crippen LogP contribution in [0.25, 0.3) is 0 Å². The van der Waals surface area contributed by atoms with E-state index in [1.807, 2.05) is 35.2 Å². The maximum absolute atomic E-state index is 12.5. The molecule has 0 unspecified atom stereocenters. The number of amides is 1. The topological polar surface area (TPSA) is 124 Å². The number of ether oxygens (including phenoxy) is 1. The van der Waals surface area contributed by atoms with E-state index in [1.54, 1.807) is 17.0 Å². The standard InChI is InChI=1S/C22H22N6O5/c29-21(26-12-10-25(11-13-26)18-6-8-19(9-7-18)28(31)32)16-33-22(30)20-15-27(24-23-20)14-17-4-2-1-3-5-17/h1-9,15H,10-14,16H2. The van der Waals surface area contributed by atoms with Crippen molar-refractivity contribution in [2.24, 2.45) is 0 Å². The summed E-state index contributed by atoms with van der Waals surface area (Å²) < 4.78 is 6.66. The Balaban J connectivity index is 1.23. The maximum atomic E-state index is 12.5. The van der Waals surface area contributed by atoms with Gasteiger partial charge in [0.15, 0.2) is 12.3 Å². The van der Waals surface area contributed by atoms with Gasteiger partial charge in [0.2, 0.25) is 0 Å². The number of anilines is 1. The summed E-state index contributed by atoms with van der Waals surface area (Å²) in [6, 6.07) is 16.0. The smallest absolute Gasteiger partial charge is 0.361 e.